The summed E-state index contributed by atoms with van der Waals surface area (Å²) in [7, 11) is 0. The minimum Gasteiger partial charge on any atom is -0.431 e. The van der Waals surface area contributed by atoms with Crippen LogP contribution >= 0.6 is 27.7 Å². The highest BCUT2D eigenvalue weighted by Gasteiger charge is 2.05. The van der Waals surface area contributed by atoms with E-state index in [1.54, 1.807) is 17.5 Å². The van der Waals surface area contributed by atoms with Gasteiger partial charge in [-0.1, -0.05) is 40.2 Å². The van der Waals surface area contributed by atoms with Crippen molar-refractivity contribution >= 4 is 44.6 Å². The van der Waals surface area contributed by atoms with Crippen LogP contribution in [0.4, 0.5) is 0 Å². The van der Waals surface area contributed by atoms with Gasteiger partial charge in [0, 0.05) is 10.0 Å². The Hall–Kier alpha value is -1.85. The van der Waals surface area contributed by atoms with Gasteiger partial charge in [-0.25, -0.2) is 4.98 Å². The van der Waals surface area contributed by atoms with Crippen LogP contribution in [0.5, 0.6) is 0 Å². The summed E-state index contributed by atoms with van der Waals surface area (Å²) in [6.45, 7) is 0. The Labute approximate surface area is 134 Å². The van der Waals surface area contributed by atoms with Gasteiger partial charge in [0.2, 0.25) is 0 Å². The lowest BCUT2D eigenvalue weighted by molar-refractivity contribution is 0.104. The number of rotatable bonds is 4. The molecule has 0 aliphatic carbocycles. The van der Waals surface area contributed by atoms with Gasteiger partial charge in [0.1, 0.15) is 5.52 Å². The van der Waals surface area contributed by atoms with Crippen molar-refractivity contribution < 1.29 is 9.21 Å². The van der Waals surface area contributed by atoms with Crippen LogP contribution in [0.3, 0.4) is 0 Å². The van der Waals surface area contributed by atoms with E-state index in [0.29, 0.717) is 10.8 Å². The topological polar surface area (TPSA) is 43.1 Å². The maximum Gasteiger partial charge on any atom is 0.261 e. The Kier molecular flexibility index (Phi) is 4.22. The highest BCUT2D eigenvalue weighted by atomic mass is 79.9. The standard InChI is InChI=1S/C16H10BrNO2S/c17-12-5-3-4-11(10-12)14(19)8-9-21-16-18-13-6-1-2-7-15(13)20-16/h1-10H/b9-8-. The summed E-state index contributed by atoms with van der Waals surface area (Å²) in [4.78, 5) is 16.3. The van der Waals surface area contributed by atoms with E-state index in [9.17, 15) is 4.79 Å². The summed E-state index contributed by atoms with van der Waals surface area (Å²) >= 11 is 4.63. The molecule has 104 valence electrons. The number of para-hydroxylation sites is 2. The Morgan fingerprint density at radius 3 is 2.86 bits per heavy atom. The minimum atomic E-state index is -0.0556. The van der Waals surface area contributed by atoms with Crippen LogP contribution in [0.1, 0.15) is 10.4 Å². The fourth-order valence-electron chi connectivity index (χ4n) is 1.79. The molecule has 0 unspecified atom stereocenters. The molecule has 0 spiro atoms. The van der Waals surface area contributed by atoms with Gasteiger partial charge in [0.05, 0.1) is 0 Å². The summed E-state index contributed by atoms with van der Waals surface area (Å²) in [5, 5.41) is 2.21. The third-order valence-corrected chi connectivity index (χ3v) is 3.91. The Balaban J connectivity index is 1.70. The van der Waals surface area contributed by atoms with E-state index >= 15 is 0 Å². The molecule has 5 heteroatoms. The van der Waals surface area contributed by atoms with Crippen LogP contribution in [0.25, 0.3) is 11.1 Å². The summed E-state index contributed by atoms with van der Waals surface area (Å²) in [6, 6.07) is 14.8. The molecule has 2 aromatic carbocycles. The number of halogens is 1. The van der Waals surface area contributed by atoms with Gasteiger partial charge in [-0.15, -0.1) is 0 Å². The molecule has 0 saturated carbocycles. The molecule has 1 heterocycles. The zero-order chi connectivity index (χ0) is 14.7. The fraction of sp³-hybridized carbons (Fsp3) is 0. The molecular formula is C16H10BrNO2S. The Morgan fingerprint density at radius 2 is 2.05 bits per heavy atom. The lowest BCUT2D eigenvalue weighted by Gasteiger charge is -1.95. The molecule has 0 bridgehead atoms. The molecular weight excluding hydrogens is 350 g/mol. The number of ketones is 1. The molecule has 0 aliphatic heterocycles. The summed E-state index contributed by atoms with van der Waals surface area (Å²) < 4.78 is 6.44. The smallest absolute Gasteiger partial charge is 0.261 e. The second kappa shape index (κ2) is 6.28. The first-order valence-corrected chi connectivity index (χ1v) is 7.88. The first-order valence-electron chi connectivity index (χ1n) is 6.21. The predicted octanol–water partition coefficient (Wildman–Crippen LogP) is 5.08. The molecule has 0 fully saturated rings. The van der Waals surface area contributed by atoms with Gasteiger partial charge in [0.25, 0.3) is 5.22 Å². The third-order valence-electron chi connectivity index (χ3n) is 2.77. The van der Waals surface area contributed by atoms with Crippen LogP contribution in [0.2, 0.25) is 0 Å². The largest absolute Gasteiger partial charge is 0.431 e. The summed E-state index contributed by atoms with van der Waals surface area (Å²) in [5.74, 6) is -0.0556. The number of allylic oxidation sites excluding steroid dienone is 1. The normalized spacial score (nSPS) is 11.3. The molecule has 3 aromatic rings. The number of aromatic nitrogens is 1. The lowest BCUT2D eigenvalue weighted by atomic mass is 10.1. The molecule has 0 saturated heterocycles. The second-order valence-electron chi connectivity index (χ2n) is 4.24. The number of hydrogen-bond acceptors (Lipinski definition) is 4. The van der Waals surface area contributed by atoms with E-state index in [4.69, 9.17) is 4.42 Å². The SMILES string of the molecule is O=C(/C=C\Sc1nc2ccccc2o1)c1cccc(Br)c1. The Bertz CT molecular complexity index is 793. The highest BCUT2D eigenvalue weighted by Crippen LogP contribution is 2.24. The quantitative estimate of drug-likeness (QED) is 0.370. The van der Waals surface area contributed by atoms with Gasteiger partial charge >= 0.3 is 0 Å². The molecule has 0 atom stereocenters. The van der Waals surface area contributed by atoms with Gasteiger partial charge in [-0.2, -0.15) is 0 Å². The predicted molar refractivity (Wildman–Crippen MR) is 87.5 cm³/mol. The van der Waals surface area contributed by atoms with Crippen molar-refractivity contribution in [3.05, 3.63) is 70.1 Å². The number of thioether (sulfide) groups is 1. The molecule has 21 heavy (non-hydrogen) atoms. The van der Waals surface area contributed by atoms with Crippen LogP contribution in [0, 0.1) is 0 Å². The average Bonchev–Trinajstić information content (AvgIpc) is 2.89. The van der Waals surface area contributed by atoms with Crippen molar-refractivity contribution in [2.75, 3.05) is 0 Å². The number of carbonyl (C=O) groups excluding carboxylic acids is 1. The molecule has 0 radical (unpaired) electrons. The highest BCUT2D eigenvalue weighted by molar-refractivity contribution is 9.10. The number of oxazole rings is 1. The number of hydrogen-bond donors (Lipinski definition) is 0. The van der Waals surface area contributed by atoms with E-state index in [1.807, 2.05) is 36.4 Å². The van der Waals surface area contributed by atoms with Gasteiger partial charge < -0.3 is 4.42 Å². The third kappa shape index (κ3) is 3.43. The average molecular weight is 360 g/mol. The van der Waals surface area contributed by atoms with Crippen molar-refractivity contribution in [3.8, 4) is 0 Å². The van der Waals surface area contributed by atoms with Crippen LogP contribution in [0.15, 0.2) is 74.1 Å². The van der Waals surface area contributed by atoms with E-state index in [1.165, 1.54) is 17.8 Å². The lowest BCUT2D eigenvalue weighted by Crippen LogP contribution is -1.92. The number of benzene rings is 2. The monoisotopic (exact) mass is 359 g/mol. The van der Waals surface area contributed by atoms with E-state index < -0.39 is 0 Å². The number of carbonyl (C=O) groups is 1. The van der Waals surface area contributed by atoms with Gasteiger partial charge in [0.15, 0.2) is 11.4 Å². The van der Waals surface area contributed by atoms with Gasteiger partial charge in [-0.3, -0.25) is 4.79 Å². The maximum absolute atomic E-state index is 12.0. The first kappa shape index (κ1) is 14.1. The zero-order valence-corrected chi connectivity index (χ0v) is 13.2. The van der Waals surface area contributed by atoms with Crippen molar-refractivity contribution in [1.29, 1.82) is 0 Å². The molecule has 0 N–H and O–H groups in total. The fourth-order valence-corrected chi connectivity index (χ4v) is 2.79. The second-order valence-corrected chi connectivity index (χ2v) is 6.02. The molecule has 0 amide bonds. The summed E-state index contributed by atoms with van der Waals surface area (Å²) in [5.41, 5.74) is 2.19. The molecule has 1 aromatic heterocycles. The van der Waals surface area contributed by atoms with Gasteiger partial charge in [-0.05, 0) is 47.5 Å². The van der Waals surface area contributed by atoms with Crippen molar-refractivity contribution in [2.24, 2.45) is 0 Å². The van der Waals surface area contributed by atoms with Crippen LogP contribution < -0.4 is 0 Å². The van der Waals surface area contributed by atoms with Crippen LogP contribution in [-0.4, -0.2) is 10.8 Å². The van der Waals surface area contributed by atoms with Crippen molar-refractivity contribution in [2.45, 2.75) is 5.22 Å². The molecule has 3 nitrogen and oxygen atoms in total. The number of nitrogens with zero attached hydrogens (tertiary/aromatic N) is 1. The molecule has 0 aliphatic rings. The molecule has 3 rings (SSSR count). The first-order chi connectivity index (χ1) is 10.2. The van der Waals surface area contributed by atoms with E-state index in [0.717, 1.165) is 15.6 Å². The van der Waals surface area contributed by atoms with E-state index in [2.05, 4.69) is 20.9 Å². The van der Waals surface area contributed by atoms with E-state index in [-0.39, 0.29) is 5.78 Å². The van der Waals surface area contributed by atoms with Crippen molar-refractivity contribution in [3.63, 3.8) is 0 Å². The maximum atomic E-state index is 12.0. The minimum absolute atomic E-state index is 0.0556. The van der Waals surface area contributed by atoms with Crippen LogP contribution in [-0.2, 0) is 0 Å². The summed E-state index contributed by atoms with van der Waals surface area (Å²) in [6.07, 6.45) is 1.52. The zero-order valence-electron chi connectivity index (χ0n) is 10.8. The number of fused-ring (bicyclic) bond motifs is 1. The Morgan fingerprint density at radius 1 is 1.19 bits per heavy atom. The van der Waals surface area contributed by atoms with Crippen molar-refractivity contribution in [1.82, 2.24) is 4.98 Å².